The highest BCUT2D eigenvalue weighted by atomic mass is 32.3. The third-order valence-corrected chi connectivity index (χ3v) is 7.57. The van der Waals surface area contributed by atoms with Crippen LogP contribution < -0.4 is 5.14 Å². The molecule has 0 spiro atoms. The zero-order valence-corrected chi connectivity index (χ0v) is 10.0. The fraction of sp³-hybridized carbons (Fsp3) is 0.429. The second-order valence-corrected chi connectivity index (χ2v) is 8.76. The van der Waals surface area contributed by atoms with Gasteiger partial charge in [-0.2, -0.15) is 0 Å². The van der Waals surface area contributed by atoms with E-state index in [0.29, 0.717) is 12.0 Å². The van der Waals surface area contributed by atoms with Gasteiger partial charge in [0.25, 0.3) is 0 Å². The first-order chi connectivity index (χ1) is 6.81. The van der Waals surface area contributed by atoms with Gasteiger partial charge in [-0.25, -0.2) is 22.0 Å². The van der Waals surface area contributed by atoms with Gasteiger partial charge in [-0.15, -0.1) is 0 Å². The fourth-order valence-electron chi connectivity index (χ4n) is 1.49. The molecule has 84 valence electrons. The minimum absolute atomic E-state index is 0.0655. The van der Waals surface area contributed by atoms with E-state index in [9.17, 15) is 16.8 Å². The van der Waals surface area contributed by atoms with E-state index in [1.165, 1.54) is 6.08 Å². The van der Waals surface area contributed by atoms with Gasteiger partial charge in [-0.05, 0) is 18.1 Å². The van der Waals surface area contributed by atoms with Crippen molar-refractivity contribution < 1.29 is 16.8 Å². The third kappa shape index (κ3) is 1.99. The molecule has 0 saturated carbocycles. The number of sulfonamides is 1. The van der Waals surface area contributed by atoms with E-state index in [1.807, 2.05) is 0 Å². The average Bonchev–Trinajstić information content (AvgIpc) is 2.47. The molecule has 0 saturated heterocycles. The Morgan fingerprint density at radius 1 is 1.47 bits per heavy atom. The molecule has 0 aromatic heterocycles. The third-order valence-electron chi connectivity index (χ3n) is 2.17. The SMILES string of the molecule is NS(=O)(=O)C1=CC2=CCCS(=O)(=O)C2S1. The normalized spacial score (nSPS) is 29.3. The fourth-order valence-corrected chi connectivity index (χ4v) is 5.94. The Hall–Kier alpha value is -0.310. The van der Waals surface area contributed by atoms with E-state index in [2.05, 4.69) is 0 Å². The molecule has 2 rings (SSSR count). The molecule has 2 N–H and O–H groups in total. The number of hydrogen-bond acceptors (Lipinski definition) is 5. The van der Waals surface area contributed by atoms with Gasteiger partial charge in [0.1, 0.15) is 8.82 Å². The number of allylic oxidation sites excluding steroid dienone is 2. The predicted octanol–water partition coefficient (Wildman–Crippen LogP) is -0.0659. The number of nitrogens with two attached hydrogens (primary N) is 1. The van der Waals surface area contributed by atoms with Crippen LogP contribution in [0.2, 0.25) is 0 Å². The van der Waals surface area contributed by atoms with Crippen LogP contribution in [-0.4, -0.2) is 27.2 Å². The van der Waals surface area contributed by atoms with Gasteiger partial charge in [0, 0.05) is 0 Å². The summed E-state index contributed by atoms with van der Waals surface area (Å²) in [5, 5.41) is 4.94. The van der Waals surface area contributed by atoms with Crippen LogP contribution in [0.15, 0.2) is 22.0 Å². The molecule has 15 heavy (non-hydrogen) atoms. The molecule has 2 aliphatic rings. The van der Waals surface area contributed by atoms with E-state index < -0.39 is 24.4 Å². The summed E-state index contributed by atoms with van der Waals surface area (Å²) in [5.74, 6) is 0.0694. The van der Waals surface area contributed by atoms with E-state index in [1.54, 1.807) is 6.08 Å². The van der Waals surface area contributed by atoms with Crippen molar-refractivity contribution in [3.05, 3.63) is 22.0 Å². The maximum Gasteiger partial charge on any atom is 0.244 e. The summed E-state index contributed by atoms with van der Waals surface area (Å²) in [4.78, 5) is 0. The summed E-state index contributed by atoms with van der Waals surface area (Å²) in [6, 6.07) is 0. The minimum atomic E-state index is -3.79. The van der Waals surface area contributed by atoms with Gasteiger partial charge in [-0.3, -0.25) is 0 Å². The summed E-state index contributed by atoms with van der Waals surface area (Å²) in [7, 11) is -7.02. The molecule has 8 heteroatoms. The molecule has 1 unspecified atom stereocenters. The zero-order valence-electron chi connectivity index (χ0n) is 7.58. The first kappa shape index (κ1) is 11.2. The van der Waals surface area contributed by atoms with Crippen LogP contribution in [0.1, 0.15) is 6.42 Å². The first-order valence-corrected chi connectivity index (χ1v) is 8.28. The molecule has 0 aromatic rings. The molecule has 0 bridgehead atoms. The summed E-state index contributed by atoms with van der Waals surface area (Å²) < 4.78 is 44.5. The highest BCUT2D eigenvalue weighted by Gasteiger charge is 2.39. The molecular formula is C7H9NO4S3. The predicted molar refractivity (Wildman–Crippen MR) is 59.1 cm³/mol. The van der Waals surface area contributed by atoms with Crippen LogP contribution in [0.4, 0.5) is 0 Å². The monoisotopic (exact) mass is 267 g/mol. The van der Waals surface area contributed by atoms with Crippen molar-refractivity contribution in [1.82, 2.24) is 0 Å². The quantitative estimate of drug-likeness (QED) is 0.718. The molecular weight excluding hydrogens is 258 g/mol. The molecule has 0 amide bonds. The maximum atomic E-state index is 11.6. The average molecular weight is 267 g/mol. The summed E-state index contributed by atoms with van der Waals surface area (Å²) in [6.07, 6.45) is 3.53. The first-order valence-electron chi connectivity index (χ1n) is 4.13. The van der Waals surface area contributed by atoms with Crippen molar-refractivity contribution in [1.29, 1.82) is 0 Å². The summed E-state index contributed by atoms with van der Waals surface area (Å²) in [5.41, 5.74) is 0.537. The number of sulfone groups is 1. The Morgan fingerprint density at radius 3 is 2.67 bits per heavy atom. The van der Waals surface area contributed by atoms with Crippen molar-refractivity contribution >= 4 is 31.6 Å². The molecule has 5 nitrogen and oxygen atoms in total. The molecule has 2 aliphatic heterocycles. The van der Waals surface area contributed by atoms with Gasteiger partial charge in [0.05, 0.1) is 5.75 Å². The Bertz CT molecular complexity index is 555. The molecule has 0 aliphatic carbocycles. The second kappa shape index (κ2) is 3.34. The maximum absolute atomic E-state index is 11.6. The van der Waals surface area contributed by atoms with Crippen LogP contribution in [0.25, 0.3) is 0 Å². The molecule has 0 aromatic carbocycles. The molecule has 2 heterocycles. The lowest BCUT2D eigenvalue weighted by Crippen LogP contribution is -2.24. The topological polar surface area (TPSA) is 94.3 Å². The van der Waals surface area contributed by atoms with Gasteiger partial charge >= 0.3 is 0 Å². The van der Waals surface area contributed by atoms with Gasteiger partial charge in [0.2, 0.25) is 10.0 Å². The summed E-state index contributed by atoms with van der Waals surface area (Å²) >= 11 is 0.800. The smallest absolute Gasteiger partial charge is 0.227 e. The lowest BCUT2D eigenvalue weighted by Gasteiger charge is -2.16. The van der Waals surface area contributed by atoms with E-state index in [4.69, 9.17) is 5.14 Å². The largest absolute Gasteiger partial charge is 0.244 e. The molecule has 0 radical (unpaired) electrons. The number of rotatable bonds is 1. The number of hydrogen-bond donors (Lipinski definition) is 1. The standard InChI is InChI=1S/C7H9NO4S3/c8-15(11,12)6-4-5-2-1-3-14(9,10)7(5)13-6/h2,4,7H,1,3H2,(H2,8,11,12). The number of primary sulfonamides is 1. The van der Waals surface area contributed by atoms with Crippen molar-refractivity contribution in [3.63, 3.8) is 0 Å². The van der Waals surface area contributed by atoms with Gasteiger partial charge in [0.15, 0.2) is 9.84 Å². The van der Waals surface area contributed by atoms with Gasteiger partial charge in [-0.1, -0.05) is 17.8 Å². The number of thioether (sulfide) groups is 1. The van der Waals surface area contributed by atoms with Crippen LogP contribution >= 0.6 is 11.8 Å². The highest BCUT2D eigenvalue weighted by molar-refractivity contribution is 8.24. The van der Waals surface area contributed by atoms with Gasteiger partial charge < -0.3 is 0 Å². The van der Waals surface area contributed by atoms with Crippen LogP contribution in [0, 0.1) is 0 Å². The van der Waals surface area contributed by atoms with E-state index in [0.717, 1.165) is 11.8 Å². The Labute approximate surface area is 92.4 Å². The Kier molecular flexibility index (Phi) is 2.49. The van der Waals surface area contributed by atoms with Crippen molar-refractivity contribution in [2.75, 3.05) is 5.75 Å². The van der Waals surface area contributed by atoms with Crippen LogP contribution in [0.5, 0.6) is 0 Å². The van der Waals surface area contributed by atoms with E-state index in [-0.39, 0.29) is 9.99 Å². The lowest BCUT2D eigenvalue weighted by molar-refractivity contribution is 0.594. The van der Waals surface area contributed by atoms with Crippen molar-refractivity contribution in [3.8, 4) is 0 Å². The highest BCUT2D eigenvalue weighted by Crippen LogP contribution is 2.43. The van der Waals surface area contributed by atoms with Crippen molar-refractivity contribution in [2.24, 2.45) is 5.14 Å². The van der Waals surface area contributed by atoms with Crippen LogP contribution in [-0.2, 0) is 19.9 Å². The Balaban J connectivity index is 2.45. The van der Waals surface area contributed by atoms with Crippen LogP contribution in [0.3, 0.4) is 0 Å². The van der Waals surface area contributed by atoms with E-state index >= 15 is 0 Å². The Morgan fingerprint density at radius 2 is 2.13 bits per heavy atom. The summed E-state index contributed by atoms with van der Waals surface area (Å²) in [6.45, 7) is 0. The number of fused-ring (bicyclic) bond motifs is 1. The van der Waals surface area contributed by atoms with Crippen molar-refractivity contribution in [2.45, 2.75) is 11.0 Å². The minimum Gasteiger partial charge on any atom is -0.227 e. The zero-order chi connectivity index (χ0) is 11.3. The second-order valence-electron chi connectivity index (χ2n) is 3.32. The lowest BCUT2D eigenvalue weighted by atomic mass is 10.2. The molecule has 1 atom stereocenters. The molecule has 0 fully saturated rings.